The molecule has 2 aliphatic rings. The Hall–Kier alpha value is -1.44. The van der Waals surface area contributed by atoms with Gasteiger partial charge < -0.3 is 0 Å². The highest BCUT2D eigenvalue weighted by atomic mass is 16.1. The summed E-state index contributed by atoms with van der Waals surface area (Å²) < 4.78 is 0. The molecule has 2 nitrogen and oxygen atoms in total. The standard InChI is InChI=1S/C14H15NO/c1-2-14-8-5-9-15-12(14)10-6-3-4-7-11(10)13(14)16/h3-4,6-7H,2,5,8-9H2,1H3/t14-/m1/s1. The summed E-state index contributed by atoms with van der Waals surface area (Å²) in [5.41, 5.74) is 2.72. The fourth-order valence-corrected chi connectivity index (χ4v) is 3.06. The largest absolute Gasteiger partial charge is 0.293 e. The molecule has 2 heteroatoms. The lowest BCUT2D eigenvalue weighted by Crippen LogP contribution is -2.35. The van der Waals surface area contributed by atoms with Crippen molar-refractivity contribution in [3.05, 3.63) is 35.4 Å². The van der Waals surface area contributed by atoms with Crippen LogP contribution in [-0.2, 0) is 0 Å². The molecule has 0 spiro atoms. The van der Waals surface area contributed by atoms with Crippen molar-refractivity contribution in [1.82, 2.24) is 0 Å². The maximum Gasteiger partial charge on any atom is 0.175 e. The van der Waals surface area contributed by atoms with Gasteiger partial charge in [-0.2, -0.15) is 0 Å². The molecular formula is C14H15NO. The Morgan fingerprint density at radius 2 is 2.06 bits per heavy atom. The first-order valence-corrected chi connectivity index (χ1v) is 5.99. The molecule has 1 heterocycles. The van der Waals surface area contributed by atoms with Gasteiger partial charge in [-0.05, 0) is 19.3 Å². The number of aliphatic imine (C=N–C) groups is 1. The Bertz CT molecular complexity index is 489. The lowest BCUT2D eigenvalue weighted by atomic mass is 9.74. The van der Waals surface area contributed by atoms with Gasteiger partial charge in [-0.1, -0.05) is 31.2 Å². The number of fused-ring (bicyclic) bond motifs is 3. The van der Waals surface area contributed by atoms with Gasteiger partial charge in [-0.3, -0.25) is 9.79 Å². The molecular weight excluding hydrogens is 198 g/mol. The van der Waals surface area contributed by atoms with Crippen LogP contribution in [0.5, 0.6) is 0 Å². The summed E-state index contributed by atoms with van der Waals surface area (Å²) in [4.78, 5) is 17.1. The summed E-state index contributed by atoms with van der Waals surface area (Å²) in [5, 5.41) is 0. The van der Waals surface area contributed by atoms with E-state index < -0.39 is 0 Å². The van der Waals surface area contributed by atoms with Gasteiger partial charge >= 0.3 is 0 Å². The van der Waals surface area contributed by atoms with Crippen LogP contribution in [0.1, 0.15) is 42.1 Å². The molecule has 1 aliphatic heterocycles. The fourth-order valence-electron chi connectivity index (χ4n) is 3.06. The van der Waals surface area contributed by atoms with Gasteiger partial charge in [0.05, 0.1) is 11.1 Å². The number of rotatable bonds is 1. The highest BCUT2D eigenvalue weighted by Crippen LogP contribution is 2.45. The number of hydrogen-bond donors (Lipinski definition) is 0. The van der Waals surface area contributed by atoms with Crippen LogP contribution in [0.25, 0.3) is 0 Å². The van der Waals surface area contributed by atoms with E-state index in [1.807, 2.05) is 24.3 Å². The third-order valence-corrected chi connectivity index (χ3v) is 3.95. The zero-order chi connectivity index (χ0) is 11.2. The van der Waals surface area contributed by atoms with Gasteiger partial charge in [-0.15, -0.1) is 0 Å². The molecule has 0 saturated carbocycles. The van der Waals surface area contributed by atoms with Crippen LogP contribution in [0.15, 0.2) is 29.3 Å². The first kappa shape index (κ1) is 9.76. The van der Waals surface area contributed by atoms with Crippen molar-refractivity contribution in [3.63, 3.8) is 0 Å². The number of hydrogen-bond acceptors (Lipinski definition) is 2. The van der Waals surface area contributed by atoms with Gasteiger partial charge in [0.2, 0.25) is 0 Å². The fraction of sp³-hybridized carbons (Fsp3) is 0.429. The molecule has 0 fully saturated rings. The molecule has 1 aliphatic carbocycles. The maximum atomic E-state index is 12.5. The predicted octanol–water partition coefficient (Wildman–Crippen LogP) is 2.86. The lowest BCUT2D eigenvalue weighted by molar-refractivity contribution is 0.0864. The van der Waals surface area contributed by atoms with Crippen molar-refractivity contribution in [2.75, 3.05) is 6.54 Å². The van der Waals surface area contributed by atoms with Crippen LogP contribution in [0.2, 0.25) is 0 Å². The van der Waals surface area contributed by atoms with E-state index in [4.69, 9.17) is 0 Å². The monoisotopic (exact) mass is 213 g/mol. The van der Waals surface area contributed by atoms with E-state index in [-0.39, 0.29) is 5.41 Å². The third kappa shape index (κ3) is 1.02. The Balaban J connectivity index is 2.27. The van der Waals surface area contributed by atoms with Gasteiger partial charge in [0.25, 0.3) is 0 Å². The lowest BCUT2D eigenvalue weighted by Gasteiger charge is -2.30. The summed E-state index contributed by atoms with van der Waals surface area (Å²) in [5.74, 6) is 0.295. The number of benzene rings is 1. The highest BCUT2D eigenvalue weighted by Gasteiger charge is 2.49. The molecule has 0 unspecified atom stereocenters. The number of carbonyl (C=O) groups is 1. The van der Waals surface area contributed by atoms with E-state index in [1.54, 1.807) is 0 Å². The zero-order valence-corrected chi connectivity index (χ0v) is 9.49. The normalized spacial score (nSPS) is 27.3. The molecule has 1 aromatic carbocycles. The second kappa shape index (κ2) is 3.27. The molecule has 82 valence electrons. The van der Waals surface area contributed by atoms with Crippen molar-refractivity contribution in [1.29, 1.82) is 0 Å². The Kier molecular flexibility index (Phi) is 2.00. The van der Waals surface area contributed by atoms with Gasteiger partial charge in [-0.25, -0.2) is 0 Å². The topological polar surface area (TPSA) is 29.4 Å². The summed E-state index contributed by atoms with van der Waals surface area (Å²) >= 11 is 0. The smallest absolute Gasteiger partial charge is 0.175 e. The van der Waals surface area contributed by atoms with Crippen molar-refractivity contribution in [2.24, 2.45) is 10.4 Å². The van der Waals surface area contributed by atoms with Crippen molar-refractivity contribution >= 4 is 11.5 Å². The van der Waals surface area contributed by atoms with Gasteiger partial charge in [0.1, 0.15) is 0 Å². The first-order chi connectivity index (χ1) is 7.79. The van der Waals surface area contributed by atoms with E-state index >= 15 is 0 Å². The number of Topliss-reactive ketones (excluding diaryl/α,β-unsaturated/α-hetero) is 1. The SMILES string of the molecule is CC[C@@]12CCCN=C1c1ccccc1C2=O. The van der Waals surface area contributed by atoms with Crippen molar-refractivity contribution in [2.45, 2.75) is 26.2 Å². The Labute approximate surface area is 95.4 Å². The minimum absolute atomic E-state index is 0.290. The third-order valence-electron chi connectivity index (χ3n) is 3.95. The van der Waals surface area contributed by atoms with Crippen LogP contribution in [0.4, 0.5) is 0 Å². The van der Waals surface area contributed by atoms with E-state index in [1.165, 1.54) is 0 Å². The molecule has 0 radical (unpaired) electrons. The summed E-state index contributed by atoms with van der Waals surface area (Å²) in [6.45, 7) is 2.98. The molecule has 0 N–H and O–H groups in total. The van der Waals surface area contributed by atoms with Crippen LogP contribution in [-0.4, -0.2) is 18.0 Å². The maximum absolute atomic E-state index is 12.5. The number of carbonyl (C=O) groups excluding carboxylic acids is 1. The van der Waals surface area contributed by atoms with Crippen molar-refractivity contribution < 1.29 is 4.79 Å². The Morgan fingerprint density at radius 1 is 1.31 bits per heavy atom. The molecule has 3 rings (SSSR count). The minimum Gasteiger partial charge on any atom is -0.293 e. The minimum atomic E-state index is -0.290. The molecule has 1 aromatic rings. The van der Waals surface area contributed by atoms with E-state index in [9.17, 15) is 4.79 Å². The van der Waals surface area contributed by atoms with E-state index in [0.29, 0.717) is 5.78 Å². The molecule has 16 heavy (non-hydrogen) atoms. The second-order valence-electron chi connectivity index (χ2n) is 4.64. The molecule has 0 bridgehead atoms. The first-order valence-electron chi connectivity index (χ1n) is 5.99. The van der Waals surface area contributed by atoms with Crippen LogP contribution in [0, 0.1) is 5.41 Å². The van der Waals surface area contributed by atoms with E-state index in [0.717, 1.165) is 42.6 Å². The number of ketones is 1. The summed E-state index contributed by atoms with van der Waals surface area (Å²) in [6.07, 6.45) is 2.88. The molecule has 0 aromatic heterocycles. The van der Waals surface area contributed by atoms with Gasteiger partial charge in [0.15, 0.2) is 5.78 Å². The van der Waals surface area contributed by atoms with Gasteiger partial charge in [0, 0.05) is 17.7 Å². The van der Waals surface area contributed by atoms with Crippen LogP contribution >= 0.6 is 0 Å². The quantitative estimate of drug-likeness (QED) is 0.705. The zero-order valence-electron chi connectivity index (χ0n) is 9.49. The van der Waals surface area contributed by atoms with E-state index in [2.05, 4.69) is 11.9 Å². The highest BCUT2D eigenvalue weighted by molar-refractivity contribution is 6.31. The second-order valence-corrected chi connectivity index (χ2v) is 4.64. The summed E-state index contributed by atoms with van der Waals surface area (Å²) in [7, 11) is 0. The number of nitrogens with zero attached hydrogens (tertiary/aromatic N) is 1. The van der Waals surface area contributed by atoms with Crippen molar-refractivity contribution in [3.8, 4) is 0 Å². The van der Waals surface area contributed by atoms with Crippen LogP contribution < -0.4 is 0 Å². The molecule has 0 saturated heterocycles. The average molecular weight is 213 g/mol. The molecule has 1 atom stereocenters. The average Bonchev–Trinajstić information content (AvgIpc) is 2.62. The Morgan fingerprint density at radius 3 is 2.81 bits per heavy atom. The predicted molar refractivity (Wildman–Crippen MR) is 64.1 cm³/mol. The van der Waals surface area contributed by atoms with Crippen LogP contribution in [0.3, 0.4) is 0 Å². The summed E-state index contributed by atoms with van der Waals surface area (Å²) in [6, 6.07) is 7.91. The molecule has 0 amide bonds.